The number of hydrogen-bond acceptors (Lipinski definition) is 5. The van der Waals surface area contributed by atoms with E-state index in [1.807, 2.05) is 0 Å². The van der Waals surface area contributed by atoms with Crippen LogP contribution < -0.4 is 5.32 Å². The second-order valence-electron chi connectivity index (χ2n) is 9.58. The van der Waals surface area contributed by atoms with E-state index in [0.29, 0.717) is 17.7 Å². The molecule has 0 fully saturated rings. The quantitative estimate of drug-likeness (QED) is 0.179. The molecule has 4 aromatic rings. The molecule has 1 amide bonds. The molecule has 228 valence electrons. The number of carbonyl (C=O) groups is 1. The van der Waals surface area contributed by atoms with Gasteiger partial charge < -0.3 is 14.8 Å². The fourth-order valence-corrected chi connectivity index (χ4v) is 6.67. The highest BCUT2D eigenvalue weighted by Crippen LogP contribution is 3.02. The molecule has 2 N–H and O–H groups in total. The molecule has 0 aliphatic carbocycles. The number of rotatable bonds is 10. The van der Waals surface area contributed by atoms with Crippen molar-refractivity contribution in [3.05, 3.63) is 93.9 Å². The zero-order chi connectivity index (χ0) is 31.2. The molecule has 2 aromatic carbocycles. The summed E-state index contributed by atoms with van der Waals surface area (Å²) in [5.74, 6) is -0.688. The van der Waals surface area contributed by atoms with E-state index < -0.39 is 60.5 Å². The zero-order valence-corrected chi connectivity index (χ0v) is 24.7. The number of aryl methyl sites for hydroxylation is 1. The van der Waals surface area contributed by atoms with Crippen LogP contribution in [0.15, 0.2) is 70.6 Å². The van der Waals surface area contributed by atoms with Crippen LogP contribution in [0.5, 0.6) is 0 Å². The third-order valence-electron chi connectivity index (χ3n) is 6.72. The van der Waals surface area contributed by atoms with Crippen molar-refractivity contribution in [1.82, 2.24) is 14.7 Å². The normalized spacial score (nSPS) is 14.8. The van der Waals surface area contributed by atoms with Gasteiger partial charge in [-0.3, -0.25) is 4.79 Å². The Morgan fingerprint density at radius 1 is 1.05 bits per heavy atom. The van der Waals surface area contributed by atoms with Crippen LogP contribution in [-0.2, 0) is 22.7 Å². The number of aliphatic hydroxyl groups excluding tert-OH is 1. The Balaban J connectivity index is 1.64. The van der Waals surface area contributed by atoms with Crippen molar-refractivity contribution < 1.29 is 37.7 Å². The van der Waals surface area contributed by atoms with Gasteiger partial charge in [-0.2, -0.15) is 0 Å². The van der Waals surface area contributed by atoms with Crippen molar-refractivity contribution in [2.75, 3.05) is 12.4 Å². The van der Waals surface area contributed by atoms with Gasteiger partial charge in [0.05, 0.1) is 29.0 Å². The first kappa shape index (κ1) is 31.7. The second-order valence-corrected chi connectivity index (χ2v) is 14.7. The van der Waals surface area contributed by atoms with Crippen LogP contribution in [0.1, 0.15) is 52.8 Å². The molecular formula is C27H27ClF5N3O4S2. The van der Waals surface area contributed by atoms with Gasteiger partial charge in [0.2, 0.25) is 0 Å². The molecule has 4 rings (SSSR count). The molecular weight excluding hydrogens is 625 g/mol. The van der Waals surface area contributed by atoms with Crippen LogP contribution >= 0.6 is 21.8 Å². The third-order valence-corrected chi connectivity index (χ3v) is 9.91. The van der Waals surface area contributed by atoms with Crippen LogP contribution in [0.3, 0.4) is 0 Å². The number of halogens is 6. The predicted octanol–water partition coefficient (Wildman–Crippen LogP) is 7.06. The van der Waals surface area contributed by atoms with Gasteiger partial charge in [0.25, 0.3) is 5.91 Å². The lowest BCUT2D eigenvalue weighted by molar-refractivity contribution is 0.0916. The van der Waals surface area contributed by atoms with Crippen LogP contribution in [0.4, 0.5) is 19.4 Å². The number of aromatic nitrogens is 2. The molecule has 0 aliphatic heterocycles. The van der Waals surface area contributed by atoms with Gasteiger partial charge >= 0.3 is 10.2 Å². The minimum absolute atomic E-state index is 0.0822. The van der Waals surface area contributed by atoms with Crippen molar-refractivity contribution >= 4 is 43.2 Å². The molecule has 0 unspecified atom stereocenters. The van der Waals surface area contributed by atoms with E-state index in [4.69, 9.17) is 11.6 Å². The van der Waals surface area contributed by atoms with Crippen molar-refractivity contribution in [3.8, 4) is 0 Å². The first-order valence-electron chi connectivity index (χ1n) is 12.6. The van der Waals surface area contributed by atoms with Gasteiger partial charge in [-0.25, -0.2) is 13.4 Å². The fourth-order valence-electron chi connectivity index (χ4n) is 4.57. The summed E-state index contributed by atoms with van der Waals surface area (Å²) >= 11 is 5.62. The number of aliphatic hydroxyl groups is 1. The largest absolute Gasteiger partial charge is 0.394 e. The molecule has 0 bridgehead atoms. The molecule has 2 aromatic heterocycles. The van der Waals surface area contributed by atoms with Crippen LogP contribution in [-0.4, -0.2) is 41.2 Å². The van der Waals surface area contributed by atoms with E-state index in [1.165, 1.54) is 49.5 Å². The minimum atomic E-state index is -10.1. The van der Waals surface area contributed by atoms with Crippen LogP contribution in [0, 0.1) is 0 Å². The predicted molar refractivity (Wildman–Crippen MR) is 152 cm³/mol. The molecule has 0 aliphatic rings. The Kier molecular flexibility index (Phi) is 7.94. The third kappa shape index (κ3) is 6.72. The summed E-state index contributed by atoms with van der Waals surface area (Å²) < 4.78 is 94.6. The summed E-state index contributed by atoms with van der Waals surface area (Å²) in [6.07, 6.45) is 1.24. The van der Waals surface area contributed by atoms with Crippen LogP contribution in [0.2, 0.25) is 5.02 Å². The van der Waals surface area contributed by atoms with E-state index in [-0.39, 0.29) is 33.6 Å². The summed E-state index contributed by atoms with van der Waals surface area (Å²) in [6.45, 7) is 2.75. The monoisotopic (exact) mass is 651 g/mol. The van der Waals surface area contributed by atoms with E-state index in [0.717, 1.165) is 12.1 Å². The first-order chi connectivity index (χ1) is 19.4. The lowest BCUT2D eigenvalue weighted by Gasteiger charge is -2.41. The molecule has 0 radical (unpaired) electrons. The van der Waals surface area contributed by atoms with Crippen LogP contribution in [0.25, 0.3) is 5.65 Å². The number of sulfone groups is 1. The van der Waals surface area contributed by atoms with E-state index in [1.54, 1.807) is 11.3 Å². The number of pyridine rings is 1. The maximum atomic E-state index is 13.8. The molecule has 0 spiro atoms. The van der Waals surface area contributed by atoms with Gasteiger partial charge in [0.1, 0.15) is 10.5 Å². The minimum Gasteiger partial charge on any atom is -0.394 e. The fraction of sp³-hybridized carbons (Fsp3) is 0.259. The lowest BCUT2D eigenvalue weighted by atomic mass is 10.1. The highest BCUT2D eigenvalue weighted by Gasteiger charge is 2.66. The molecule has 42 heavy (non-hydrogen) atoms. The molecule has 7 nitrogen and oxygen atoms in total. The molecule has 15 heteroatoms. The average Bonchev–Trinajstić information content (AvgIpc) is 3.27. The van der Waals surface area contributed by atoms with Crippen molar-refractivity contribution in [2.24, 2.45) is 0 Å². The maximum Gasteiger partial charge on any atom is 0.310 e. The Labute approximate surface area is 244 Å². The second kappa shape index (κ2) is 10.5. The topological polar surface area (TPSA) is 101 Å². The van der Waals surface area contributed by atoms with Gasteiger partial charge in [0, 0.05) is 28.9 Å². The van der Waals surface area contributed by atoms with Gasteiger partial charge in [0.15, 0.2) is 9.84 Å². The van der Waals surface area contributed by atoms with Crippen molar-refractivity contribution in [3.63, 3.8) is 0 Å². The van der Waals surface area contributed by atoms with Gasteiger partial charge in [-0.05, 0) is 53.9 Å². The number of benzene rings is 2. The number of fused-ring (bicyclic) bond motifs is 1. The molecule has 2 heterocycles. The summed E-state index contributed by atoms with van der Waals surface area (Å²) in [6, 6.07) is 9.92. The van der Waals surface area contributed by atoms with Crippen molar-refractivity contribution in [1.29, 1.82) is 0 Å². The molecule has 0 saturated heterocycles. The Morgan fingerprint density at radius 3 is 2.29 bits per heavy atom. The lowest BCUT2D eigenvalue weighted by Crippen LogP contribution is -2.30. The Morgan fingerprint density at radius 2 is 1.71 bits per heavy atom. The highest BCUT2D eigenvalue weighted by atomic mass is 35.5. The summed E-state index contributed by atoms with van der Waals surface area (Å²) in [5.41, 5.74) is 0.682. The maximum absolute atomic E-state index is 13.8. The van der Waals surface area contributed by atoms with Gasteiger partial charge in [-0.1, -0.05) is 63.1 Å². The number of amides is 1. The van der Waals surface area contributed by atoms with Gasteiger partial charge in [-0.15, -0.1) is 0 Å². The Bertz CT molecular complexity index is 1780. The average molecular weight is 652 g/mol. The number of nitrogens with one attached hydrogen (secondary N) is 1. The highest BCUT2D eigenvalue weighted by molar-refractivity contribution is 8.45. The Hall–Kier alpha value is -3.20. The van der Waals surface area contributed by atoms with E-state index in [2.05, 4.69) is 10.3 Å². The number of imidazole rings is 1. The first-order valence-corrected chi connectivity index (χ1v) is 16.6. The van der Waals surface area contributed by atoms with Crippen molar-refractivity contribution in [2.45, 2.75) is 42.5 Å². The standard InChI is InChI=1S/C27H27ClF5N3O4S2/c1-3-24-22(13-18-5-8-20(28)15-25(18)42(29,30,31,32)33)34-26-14-19(11-12-36(24)26)27(38)35-23(16-37)17-6-9-21(10-7-17)41(39,40)4-2/h5-12,14-15,23,37H,3-4,13,16H2,1-2H3,(H,35,38)/t23-/m0/s1. The van der Waals surface area contributed by atoms with E-state index >= 15 is 0 Å². The summed E-state index contributed by atoms with van der Waals surface area (Å²) in [5, 5.41) is 12.1. The molecule has 0 saturated carbocycles. The van der Waals surface area contributed by atoms with E-state index in [9.17, 15) is 37.7 Å². The smallest absolute Gasteiger partial charge is 0.310 e. The molecule has 1 atom stereocenters. The summed E-state index contributed by atoms with van der Waals surface area (Å²) in [7, 11) is -13.5. The summed E-state index contributed by atoms with van der Waals surface area (Å²) in [4.78, 5) is 15.4. The number of nitrogens with zero attached hydrogens (tertiary/aromatic N) is 2. The number of hydrogen-bond donors (Lipinski definition) is 2. The SMILES string of the molecule is CCc1c(Cc2ccc(Cl)cc2S(F)(F)(F)(F)F)nc2cc(C(=O)N[C@@H](CO)c3ccc(S(=O)(=O)CC)cc3)ccn12. The zero-order valence-electron chi connectivity index (χ0n) is 22.3. The number of carbonyl (C=O) groups excluding carboxylic acids is 1.